The van der Waals surface area contributed by atoms with E-state index in [0.717, 1.165) is 30.3 Å². The Balaban J connectivity index is 0.00000132. The van der Waals surface area contributed by atoms with E-state index in [1.165, 1.54) is 6.42 Å². The number of piperidine rings is 1. The number of hydrogen-bond donors (Lipinski definition) is 2. The molecule has 126 valence electrons. The summed E-state index contributed by atoms with van der Waals surface area (Å²) in [5.74, 6) is -0.0846. The number of pyridine rings is 1. The number of carbonyl (C=O) groups is 1. The molecule has 1 aromatic carbocycles. The van der Waals surface area contributed by atoms with Crippen LogP contribution in [0.25, 0.3) is 10.8 Å². The number of halogens is 2. The first-order chi connectivity index (χ1) is 10.2. The Morgan fingerprint density at radius 3 is 2.83 bits per heavy atom. The van der Waals surface area contributed by atoms with Crippen molar-refractivity contribution in [1.82, 2.24) is 15.6 Å². The molecule has 4 nitrogen and oxygen atoms in total. The zero-order valence-corrected chi connectivity index (χ0v) is 14.8. The minimum Gasteiger partial charge on any atom is -0.350 e. The molecule has 3 rings (SSSR count). The average Bonchev–Trinajstić information content (AvgIpc) is 2.53. The zero-order valence-electron chi connectivity index (χ0n) is 13.2. The number of aromatic nitrogens is 1. The molecule has 0 radical (unpaired) electrons. The summed E-state index contributed by atoms with van der Waals surface area (Å²) < 4.78 is 0. The average molecular weight is 356 g/mol. The van der Waals surface area contributed by atoms with Crippen molar-refractivity contribution in [2.24, 2.45) is 5.41 Å². The number of nitrogens with one attached hydrogen (secondary N) is 2. The van der Waals surface area contributed by atoms with Gasteiger partial charge in [0.1, 0.15) is 5.69 Å². The summed E-state index contributed by atoms with van der Waals surface area (Å²) in [6.07, 6.45) is 4.00. The second-order valence-corrected chi connectivity index (χ2v) is 6.15. The lowest BCUT2D eigenvalue weighted by Gasteiger charge is -2.34. The molecule has 1 aliphatic rings. The first-order valence-corrected chi connectivity index (χ1v) is 7.51. The molecule has 1 saturated heterocycles. The van der Waals surface area contributed by atoms with E-state index in [-0.39, 0.29) is 36.1 Å². The Labute approximate surface area is 149 Å². The van der Waals surface area contributed by atoms with Gasteiger partial charge < -0.3 is 10.6 Å². The van der Waals surface area contributed by atoms with E-state index in [0.29, 0.717) is 12.2 Å². The Hall–Kier alpha value is -1.36. The SMILES string of the molecule is CC1(CNC(=O)c2nccc3ccccc23)CCCNC1.Cl.Cl. The third kappa shape index (κ3) is 4.56. The highest BCUT2D eigenvalue weighted by atomic mass is 35.5. The van der Waals surface area contributed by atoms with Crippen molar-refractivity contribution in [2.45, 2.75) is 19.8 Å². The van der Waals surface area contributed by atoms with Crippen molar-refractivity contribution in [3.63, 3.8) is 0 Å². The van der Waals surface area contributed by atoms with Gasteiger partial charge in [-0.25, -0.2) is 0 Å². The summed E-state index contributed by atoms with van der Waals surface area (Å²) >= 11 is 0. The lowest BCUT2D eigenvalue weighted by molar-refractivity contribution is 0.0921. The van der Waals surface area contributed by atoms with Crippen LogP contribution in [0.2, 0.25) is 0 Å². The van der Waals surface area contributed by atoms with Crippen LogP contribution in [0.5, 0.6) is 0 Å². The van der Waals surface area contributed by atoms with Gasteiger partial charge in [0.2, 0.25) is 0 Å². The van der Waals surface area contributed by atoms with Crippen LogP contribution in [0.15, 0.2) is 36.5 Å². The van der Waals surface area contributed by atoms with Gasteiger partial charge in [-0.1, -0.05) is 31.2 Å². The highest BCUT2D eigenvalue weighted by Crippen LogP contribution is 2.24. The van der Waals surface area contributed by atoms with Gasteiger partial charge in [0.25, 0.3) is 5.91 Å². The summed E-state index contributed by atoms with van der Waals surface area (Å²) in [6, 6.07) is 9.78. The molecule has 1 atom stereocenters. The quantitative estimate of drug-likeness (QED) is 0.888. The molecule has 23 heavy (non-hydrogen) atoms. The Bertz CT molecular complexity index is 652. The minimum absolute atomic E-state index is 0. The van der Waals surface area contributed by atoms with Gasteiger partial charge in [0.15, 0.2) is 0 Å². The molecule has 1 unspecified atom stereocenters. The largest absolute Gasteiger partial charge is 0.350 e. The predicted octanol–water partition coefficient (Wildman–Crippen LogP) is 3.20. The summed E-state index contributed by atoms with van der Waals surface area (Å²) in [5.41, 5.74) is 0.652. The molecular formula is C17H23Cl2N3O. The second kappa shape index (κ2) is 8.48. The van der Waals surface area contributed by atoms with Gasteiger partial charge in [-0.2, -0.15) is 0 Å². The molecule has 6 heteroatoms. The van der Waals surface area contributed by atoms with E-state index in [2.05, 4.69) is 22.5 Å². The molecule has 0 aliphatic carbocycles. The number of nitrogens with zero attached hydrogens (tertiary/aromatic N) is 1. The normalized spacial score (nSPS) is 20.2. The van der Waals surface area contributed by atoms with Crippen LogP contribution < -0.4 is 10.6 Å². The molecule has 0 saturated carbocycles. The van der Waals surface area contributed by atoms with E-state index in [1.807, 2.05) is 30.3 Å². The summed E-state index contributed by atoms with van der Waals surface area (Å²) in [7, 11) is 0. The van der Waals surface area contributed by atoms with E-state index in [1.54, 1.807) is 6.20 Å². The topological polar surface area (TPSA) is 54.0 Å². The third-order valence-electron chi connectivity index (χ3n) is 4.25. The molecule has 1 aromatic heterocycles. The first-order valence-electron chi connectivity index (χ1n) is 7.51. The molecule has 1 fully saturated rings. The van der Waals surface area contributed by atoms with Crippen LogP contribution in [0.1, 0.15) is 30.3 Å². The number of carbonyl (C=O) groups excluding carboxylic acids is 1. The number of hydrogen-bond acceptors (Lipinski definition) is 3. The fourth-order valence-corrected chi connectivity index (χ4v) is 2.95. The fourth-order valence-electron chi connectivity index (χ4n) is 2.95. The predicted molar refractivity (Wildman–Crippen MR) is 98.8 cm³/mol. The van der Waals surface area contributed by atoms with E-state index < -0.39 is 0 Å². The Kier molecular flexibility index (Phi) is 7.26. The van der Waals surface area contributed by atoms with Crippen molar-refractivity contribution >= 4 is 41.5 Å². The molecule has 1 aliphatic heterocycles. The van der Waals surface area contributed by atoms with Crippen molar-refractivity contribution in [3.05, 3.63) is 42.2 Å². The maximum Gasteiger partial charge on any atom is 0.270 e. The van der Waals surface area contributed by atoms with Gasteiger partial charge >= 0.3 is 0 Å². The lowest BCUT2D eigenvalue weighted by Crippen LogP contribution is -2.45. The maximum absolute atomic E-state index is 12.4. The van der Waals surface area contributed by atoms with Crippen LogP contribution in [0.3, 0.4) is 0 Å². The summed E-state index contributed by atoms with van der Waals surface area (Å²) in [5, 5.41) is 8.41. The summed E-state index contributed by atoms with van der Waals surface area (Å²) in [6.45, 7) is 4.93. The van der Waals surface area contributed by atoms with Crippen molar-refractivity contribution < 1.29 is 4.79 Å². The second-order valence-electron chi connectivity index (χ2n) is 6.15. The molecule has 2 N–H and O–H groups in total. The van der Waals surface area contributed by atoms with Crippen LogP contribution in [-0.4, -0.2) is 30.5 Å². The van der Waals surface area contributed by atoms with E-state index in [9.17, 15) is 4.79 Å². The number of fused-ring (bicyclic) bond motifs is 1. The number of benzene rings is 1. The van der Waals surface area contributed by atoms with E-state index >= 15 is 0 Å². The summed E-state index contributed by atoms with van der Waals surface area (Å²) in [4.78, 5) is 16.7. The van der Waals surface area contributed by atoms with Crippen molar-refractivity contribution in [2.75, 3.05) is 19.6 Å². The molecule has 0 bridgehead atoms. The Morgan fingerprint density at radius 1 is 1.30 bits per heavy atom. The minimum atomic E-state index is -0.0846. The van der Waals surface area contributed by atoms with Crippen LogP contribution in [0.4, 0.5) is 0 Å². The molecule has 2 heterocycles. The van der Waals surface area contributed by atoms with E-state index in [4.69, 9.17) is 0 Å². The molecule has 1 amide bonds. The van der Waals surface area contributed by atoms with Gasteiger partial charge in [0.05, 0.1) is 0 Å². The molecule has 2 aromatic rings. The highest BCUT2D eigenvalue weighted by molar-refractivity contribution is 6.05. The van der Waals surface area contributed by atoms with Gasteiger partial charge in [-0.3, -0.25) is 9.78 Å². The third-order valence-corrected chi connectivity index (χ3v) is 4.25. The smallest absolute Gasteiger partial charge is 0.270 e. The van der Waals surface area contributed by atoms with Gasteiger partial charge in [0, 0.05) is 24.7 Å². The van der Waals surface area contributed by atoms with Gasteiger partial charge in [-0.05, 0) is 36.3 Å². The molecular weight excluding hydrogens is 333 g/mol. The first kappa shape index (κ1) is 19.7. The van der Waals surface area contributed by atoms with Crippen LogP contribution in [0, 0.1) is 5.41 Å². The number of rotatable bonds is 3. The monoisotopic (exact) mass is 355 g/mol. The zero-order chi connectivity index (χ0) is 14.7. The fraction of sp³-hybridized carbons (Fsp3) is 0.412. The molecule has 0 spiro atoms. The Morgan fingerprint density at radius 2 is 2.09 bits per heavy atom. The number of amides is 1. The van der Waals surface area contributed by atoms with Crippen LogP contribution in [-0.2, 0) is 0 Å². The highest BCUT2D eigenvalue weighted by Gasteiger charge is 2.27. The van der Waals surface area contributed by atoms with Crippen molar-refractivity contribution in [3.8, 4) is 0 Å². The maximum atomic E-state index is 12.4. The standard InChI is InChI=1S/C17H21N3O.2ClH/c1-17(8-4-9-18-11-17)12-20-16(21)15-14-6-3-2-5-13(14)7-10-19-15;;/h2-3,5-7,10,18H,4,8-9,11-12H2,1H3,(H,20,21);2*1H. The van der Waals surface area contributed by atoms with Crippen LogP contribution >= 0.6 is 24.8 Å². The lowest BCUT2D eigenvalue weighted by atomic mass is 9.83. The van der Waals surface area contributed by atoms with Gasteiger partial charge in [-0.15, -0.1) is 24.8 Å². The van der Waals surface area contributed by atoms with Crippen molar-refractivity contribution in [1.29, 1.82) is 0 Å².